The Morgan fingerprint density at radius 3 is 1.60 bits per heavy atom. The molecule has 12 rings (SSSR count). The van der Waals surface area contributed by atoms with Gasteiger partial charge in [-0.3, -0.25) is 0 Å². The van der Waals surface area contributed by atoms with E-state index < -0.39 is 5.41 Å². The molecular weight excluding hydrogens is 687 g/mol. The standard InChI is InChI=1S/C56H39N/c1-55(2)47-27-13-12-24-45(47)54-49(55)29-16-30-52(54)57(51-34-33-44-40-22-10-9-21-39(40)43-25-15-26-46(51)53(43)44)38-31-32-42-41-23-11-14-28-48(41)56(50(42)35-38,36-17-5-3-6-18-36)37-19-7-4-8-20-37/h3-35H,1-2H3. The zero-order valence-electron chi connectivity index (χ0n) is 32.0. The highest BCUT2D eigenvalue weighted by Crippen LogP contribution is 2.60. The molecule has 0 atom stereocenters. The normalized spacial score (nSPS) is 14.4. The Kier molecular flexibility index (Phi) is 6.67. The molecule has 0 aromatic heterocycles. The zero-order valence-corrected chi connectivity index (χ0v) is 32.0. The van der Waals surface area contributed by atoms with Crippen molar-refractivity contribution in [3.05, 3.63) is 234 Å². The number of fused-ring (bicyclic) bond motifs is 9. The highest BCUT2D eigenvalue weighted by Gasteiger charge is 2.46. The highest BCUT2D eigenvalue weighted by molar-refractivity contribution is 6.19. The summed E-state index contributed by atoms with van der Waals surface area (Å²) >= 11 is 0. The molecular formula is C56H39N. The quantitative estimate of drug-likeness (QED) is 0.171. The Bertz CT molecular complexity index is 3030. The summed E-state index contributed by atoms with van der Waals surface area (Å²) in [6.07, 6.45) is 0. The van der Waals surface area contributed by atoms with Crippen molar-refractivity contribution >= 4 is 27.8 Å². The fourth-order valence-electron chi connectivity index (χ4n) is 10.9. The van der Waals surface area contributed by atoms with E-state index in [1.165, 1.54) is 100 Å². The van der Waals surface area contributed by atoms with Gasteiger partial charge in [-0.15, -0.1) is 0 Å². The topological polar surface area (TPSA) is 3.24 Å². The van der Waals surface area contributed by atoms with Crippen LogP contribution in [0.4, 0.5) is 17.1 Å². The molecule has 268 valence electrons. The lowest BCUT2D eigenvalue weighted by Gasteiger charge is -2.35. The van der Waals surface area contributed by atoms with Crippen LogP contribution in [-0.4, -0.2) is 0 Å². The van der Waals surface area contributed by atoms with E-state index >= 15 is 0 Å². The molecule has 1 heteroatoms. The van der Waals surface area contributed by atoms with Crippen LogP contribution >= 0.6 is 0 Å². The summed E-state index contributed by atoms with van der Waals surface area (Å²) in [5.41, 5.74) is 21.2. The van der Waals surface area contributed by atoms with E-state index in [2.05, 4.69) is 219 Å². The molecule has 0 bridgehead atoms. The fraction of sp³-hybridized carbons (Fsp3) is 0.0714. The van der Waals surface area contributed by atoms with Gasteiger partial charge < -0.3 is 4.90 Å². The average molecular weight is 726 g/mol. The van der Waals surface area contributed by atoms with Crippen molar-refractivity contribution < 1.29 is 0 Å². The zero-order chi connectivity index (χ0) is 37.9. The minimum Gasteiger partial charge on any atom is -0.309 e. The monoisotopic (exact) mass is 725 g/mol. The maximum absolute atomic E-state index is 2.58. The molecule has 3 aliphatic carbocycles. The van der Waals surface area contributed by atoms with Crippen molar-refractivity contribution in [2.75, 3.05) is 4.90 Å². The Balaban J connectivity index is 1.19. The van der Waals surface area contributed by atoms with E-state index in [9.17, 15) is 0 Å². The maximum Gasteiger partial charge on any atom is 0.0714 e. The van der Waals surface area contributed by atoms with Crippen LogP contribution in [0.3, 0.4) is 0 Å². The van der Waals surface area contributed by atoms with Crippen LogP contribution in [0.15, 0.2) is 200 Å². The van der Waals surface area contributed by atoms with Gasteiger partial charge in [0, 0.05) is 22.1 Å². The first-order valence-corrected chi connectivity index (χ1v) is 20.1. The second-order valence-electron chi connectivity index (χ2n) is 16.4. The minimum atomic E-state index is -0.507. The van der Waals surface area contributed by atoms with E-state index in [4.69, 9.17) is 0 Å². The number of hydrogen-bond donors (Lipinski definition) is 0. The predicted molar refractivity (Wildman–Crippen MR) is 238 cm³/mol. The van der Waals surface area contributed by atoms with Crippen molar-refractivity contribution in [2.45, 2.75) is 24.7 Å². The third-order valence-corrected chi connectivity index (χ3v) is 13.3. The van der Waals surface area contributed by atoms with Crippen molar-refractivity contribution in [3.8, 4) is 44.5 Å². The van der Waals surface area contributed by atoms with Crippen LogP contribution in [0.25, 0.3) is 55.3 Å². The van der Waals surface area contributed by atoms with Crippen molar-refractivity contribution in [1.29, 1.82) is 0 Å². The van der Waals surface area contributed by atoms with Crippen LogP contribution in [-0.2, 0) is 10.8 Å². The Hall–Kier alpha value is -6.96. The molecule has 57 heavy (non-hydrogen) atoms. The maximum atomic E-state index is 2.58. The second kappa shape index (κ2) is 11.8. The van der Waals surface area contributed by atoms with Crippen LogP contribution in [0, 0.1) is 0 Å². The molecule has 0 saturated heterocycles. The predicted octanol–water partition coefficient (Wildman–Crippen LogP) is 14.6. The molecule has 0 N–H and O–H groups in total. The molecule has 0 saturated carbocycles. The van der Waals surface area contributed by atoms with E-state index in [0.717, 1.165) is 5.69 Å². The summed E-state index contributed by atoms with van der Waals surface area (Å²) in [6.45, 7) is 4.76. The molecule has 0 spiro atoms. The fourth-order valence-corrected chi connectivity index (χ4v) is 10.9. The highest BCUT2D eigenvalue weighted by atomic mass is 15.1. The molecule has 0 unspecified atom stereocenters. The molecule has 0 amide bonds. The Morgan fingerprint density at radius 2 is 0.877 bits per heavy atom. The van der Waals surface area contributed by atoms with Crippen LogP contribution in [0.5, 0.6) is 0 Å². The molecule has 9 aromatic carbocycles. The van der Waals surface area contributed by atoms with Crippen LogP contribution in [0.1, 0.15) is 47.2 Å². The molecule has 0 aliphatic heterocycles. The van der Waals surface area contributed by atoms with Gasteiger partial charge in [0.1, 0.15) is 0 Å². The molecule has 1 nitrogen and oxygen atoms in total. The molecule has 0 heterocycles. The summed E-state index contributed by atoms with van der Waals surface area (Å²) in [7, 11) is 0. The first-order chi connectivity index (χ1) is 28.1. The first kappa shape index (κ1) is 32.3. The van der Waals surface area contributed by atoms with E-state index in [1.807, 2.05) is 0 Å². The summed E-state index contributed by atoms with van der Waals surface area (Å²) in [5.74, 6) is 0. The van der Waals surface area contributed by atoms with Gasteiger partial charge in [-0.1, -0.05) is 190 Å². The van der Waals surface area contributed by atoms with Gasteiger partial charge in [-0.2, -0.15) is 0 Å². The molecule has 0 radical (unpaired) electrons. The van der Waals surface area contributed by atoms with Crippen molar-refractivity contribution in [3.63, 3.8) is 0 Å². The summed E-state index contributed by atoms with van der Waals surface area (Å²) < 4.78 is 0. The van der Waals surface area contributed by atoms with Crippen LogP contribution < -0.4 is 4.90 Å². The van der Waals surface area contributed by atoms with E-state index in [0.29, 0.717) is 0 Å². The number of anilines is 3. The van der Waals surface area contributed by atoms with Crippen molar-refractivity contribution in [2.24, 2.45) is 0 Å². The smallest absolute Gasteiger partial charge is 0.0714 e. The van der Waals surface area contributed by atoms with Gasteiger partial charge in [0.15, 0.2) is 0 Å². The molecule has 0 fully saturated rings. The summed E-state index contributed by atoms with van der Waals surface area (Å²) in [5, 5.41) is 2.58. The summed E-state index contributed by atoms with van der Waals surface area (Å²) in [4.78, 5) is 2.58. The van der Waals surface area contributed by atoms with Gasteiger partial charge in [0.05, 0.1) is 16.8 Å². The van der Waals surface area contributed by atoms with Gasteiger partial charge in [-0.25, -0.2) is 0 Å². The summed E-state index contributed by atoms with van der Waals surface area (Å²) in [6, 6.07) is 75.1. The van der Waals surface area contributed by atoms with E-state index in [-0.39, 0.29) is 5.41 Å². The number of hydrogen-bond acceptors (Lipinski definition) is 1. The van der Waals surface area contributed by atoms with Crippen molar-refractivity contribution in [1.82, 2.24) is 0 Å². The largest absolute Gasteiger partial charge is 0.309 e. The van der Waals surface area contributed by atoms with E-state index in [1.54, 1.807) is 0 Å². The average Bonchev–Trinajstić information content (AvgIpc) is 3.85. The lowest BCUT2D eigenvalue weighted by molar-refractivity contribution is 0.660. The SMILES string of the molecule is CC1(C)c2ccccc2-c2c(N(c3ccc4c(c3)C(c3ccccc3)(c3ccccc3)c3ccccc3-4)c3ccc4c5c(cccc35)-c3ccccc3-4)cccc21. The Morgan fingerprint density at radius 1 is 0.351 bits per heavy atom. The number of benzene rings is 9. The lowest BCUT2D eigenvalue weighted by Crippen LogP contribution is -2.28. The lowest BCUT2D eigenvalue weighted by atomic mass is 9.67. The first-order valence-electron chi connectivity index (χ1n) is 20.1. The van der Waals surface area contributed by atoms with Gasteiger partial charge in [0.2, 0.25) is 0 Å². The van der Waals surface area contributed by atoms with Crippen LogP contribution in [0.2, 0.25) is 0 Å². The third-order valence-electron chi connectivity index (χ3n) is 13.3. The van der Waals surface area contributed by atoms with Gasteiger partial charge in [-0.05, 0) is 102 Å². The second-order valence-corrected chi connectivity index (χ2v) is 16.4. The molecule has 9 aromatic rings. The molecule has 3 aliphatic rings. The van der Waals surface area contributed by atoms with Gasteiger partial charge >= 0.3 is 0 Å². The third kappa shape index (κ3) is 4.24. The Labute approximate surface area is 334 Å². The minimum absolute atomic E-state index is 0.132. The number of nitrogens with zero attached hydrogens (tertiary/aromatic N) is 1. The number of rotatable bonds is 5. The van der Waals surface area contributed by atoms with Gasteiger partial charge in [0.25, 0.3) is 0 Å².